The number of nitrogens with two attached hydrogens (primary N) is 1. The maximum atomic E-state index is 13.7. The van der Waals surface area contributed by atoms with Crippen molar-refractivity contribution in [3.05, 3.63) is 63.9 Å². The number of hydrogen-bond donors (Lipinski definition) is 1. The lowest BCUT2D eigenvalue weighted by Gasteiger charge is -2.16. The van der Waals surface area contributed by atoms with E-state index in [0.717, 1.165) is 22.9 Å². The van der Waals surface area contributed by atoms with Gasteiger partial charge in [0.15, 0.2) is 11.6 Å². The van der Waals surface area contributed by atoms with E-state index >= 15 is 0 Å². The summed E-state index contributed by atoms with van der Waals surface area (Å²) in [4.78, 5) is 0. The zero-order valence-electron chi connectivity index (χ0n) is 12.0. The van der Waals surface area contributed by atoms with Crippen LogP contribution < -0.4 is 10.5 Å². The van der Waals surface area contributed by atoms with Crippen molar-refractivity contribution in [1.29, 1.82) is 0 Å². The zero-order valence-corrected chi connectivity index (χ0v) is 13.6. The lowest BCUT2D eigenvalue weighted by molar-refractivity contribution is 0.385. The third-order valence-electron chi connectivity index (χ3n) is 3.54. The minimum absolute atomic E-state index is 0.272. The Morgan fingerprint density at radius 3 is 2.57 bits per heavy atom. The van der Waals surface area contributed by atoms with Crippen LogP contribution in [0.25, 0.3) is 0 Å². The second-order valence-corrected chi connectivity index (χ2v) is 5.92. The van der Waals surface area contributed by atoms with E-state index in [9.17, 15) is 4.39 Å². The minimum Gasteiger partial charge on any atom is -0.494 e. The molecule has 2 aromatic rings. The molecule has 0 saturated carbocycles. The van der Waals surface area contributed by atoms with Crippen molar-refractivity contribution < 1.29 is 9.13 Å². The molecule has 0 spiro atoms. The molecule has 0 aromatic heterocycles. The van der Waals surface area contributed by atoms with Crippen molar-refractivity contribution >= 4 is 15.9 Å². The van der Waals surface area contributed by atoms with Crippen molar-refractivity contribution in [3.8, 4) is 5.75 Å². The molecule has 0 saturated heterocycles. The van der Waals surface area contributed by atoms with Crippen LogP contribution >= 0.6 is 15.9 Å². The fourth-order valence-electron chi connectivity index (χ4n) is 2.38. The molecule has 0 amide bonds. The Bertz CT molecular complexity index is 603. The van der Waals surface area contributed by atoms with E-state index in [1.165, 1.54) is 18.7 Å². The number of hydrogen-bond acceptors (Lipinski definition) is 2. The molecule has 0 heterocycles. The van der Waals surface area contributed by atoms with Crippen LogP contribution in [0.5, 0.6) is 5.75 Å². The highest BCUT2D eigenvalue weighted by Gasteiger charge is 2.12. The molecule has 0 radical (unpaired) electrons. The highest BCUT2D eigenvalue weighted by Crippen LogP contribution is 2.23. The standard InChI is InChI=1S/C17H19BrFNO/c1-21-17-7-6-12(10-16(17)19)8-13(11-20)9-14-4-2-3-5-15(14)18/h2-7,10,13H,8-9,11,20H2,1H3. The van der Waals surface area contributed by atoms with E-state index in [-0.39, 0.29) is 17.5 Å². The molecule has 1 unspecified atom stereocenters. The largest absolute Gasteiger partial charge is 0.494 e. The molecule has 2 nitrogen and oxygen atoms in total. The van der Waals surface area contributed by atoms with Crippen LogP contribution in [0.2, 0.25) is 0 Å². The third kappa shape index (κ3) is 4.29. The maximum absolute atomic E-state index is 13.7. The molecular formula is C17H19BrFNO. The van der Waals surface area contributed by atoms with Gasteiger partial charge in [-0.15, -0.1) is 0 Å². The number of rotatable bonds is 6. The van der Waals surface area contributed by atoms with E-state index < -0.39 is 0 Å². The molecule has 0 aliphatic carbocycles. The van der Waals surface area contributed by atoms with Gasteiger partial charge in [-0.1, -0.05) is 40.2 Å². The van der Waals surface area contributed by atoms with Crippen molar-refractivity contribution in [1.82, 2.24) is 0 Å². The summed E-state index contributed by atoms with van der Waals surface area (Å²) in [6.07, 6.45) is 1.62. The molecule has 4 heteroatoms. The first-order valence-electron chi connectivity index (χ1n) is 6.90. The Balaban J connectivity index is 2.09. The molecule has 0 bridgehead atoms. The van der Waals surface area contributed by atoms with Crippen LogP contribution in [0.15, 0.2) is 46.9 Å². The molecule has 0 fully saturated rings. The number of halogens is 2. The van der Waals surface area contributed by atoms with Crippen molar-refractivity contribution in [2.75, 3.05) is 13.7 Å². The number of methoxy groups -OCH3 is 1. The van der Waals surface area contributed by atoms with Crippen molar-refractivity contribution in [2.24, 2.45) is 11.7 Å². The van der Waals surface area contributed by atoms with Gasteiger partial charge in [0, 0.05) is 4.47 Å². The normalized spacial score (nSPS) is 12.2. The van der Waals surface area contributed by atoms with Gasteiger partial charge in [-0.3, -0.25) is 0 Å². The van der Waals surface area contributed by atoms with Gasteiger partial charge in [0.2, 0.25) is 0 Å². The zero-order chi connectivity index (χ0) is 15.2. The van der Waals surface area contributed by atoms with Gasteiger partial charge in [0.05, 0.1) is 7.11 Å². The summed E-state index contributed by atoms with van der Waals surface area (Å²) in [6, 6.07) is 13.2. The Hall–Kier alpha value is -1.39. The Morgan fingerprint density at radius 2 is 1.95 bits per heavy atom. The summed E-state index contributed by atoms with van der Waals surface area (Å²) in [7, 11) is 1.47. The van der Waals surface area contributed by atoms with Gasteiger partial charge in [-0.05, 0) is 54.6 Å². The summed E-state index contributed by atoms with van der Waals surface area (Å²) in [5.74, 6) is 0.219. The Labute approximate surface area is 133 Å². The first kappa shape index (κ1) is 16.0. The lowest BCUT2D eigenvalue weighted by atomic mass is 9.92. The van der Waals surface area contributed by atoms with Crippen LogP contribution in [-0.4, -0.2) is 13.7 Å². The van der Waals surface area contributed by atoms with Gasteiger partial charge in [0.1, 0.15) is 0 Å². The predicted molar refractivity (Wildman–Crippen MR) is 87.0 cm³/mol. The van der Waals surface area contributed by atoms with Crippen LogP contribution in [0, 0.1) is 11.7 Å². The average Bonchev–Trinajstić information content (AvgIpc) is 2.49. The first-order chi connectivity index (χ1) is 10.1. The highest BCUT2D eigenvalue weighted by atomic mass is 79.9. The fraction of sp³-hybridized carbons (Fsp3) is 0.294. The van der Waals surface area contributed by atoms with E-state index in [1.54, 1.807) is 6.07 Å². The highest BCUT2D eigenvalue weighted by molar-refractivity contribution is 9.10. The summed E-state index contributed by atoms with van der Waals surface area (Å²) in [5.41, 5.74) is 8.04. The molecule has 2 N–H and O–H groups in total. The molecule has 21 heavy (non-hydrogen) atoms. The summed E-state index contributed by atoms with van der Waals surface area (Å²) < 4.78 is 19.8. The summed E-state index contributed by atoms with van der Waals surface area (Å²) in [5, 5.41) is 0. The number of benzene rings is 2. The van der Waals surface area contributed by atoms with E-state index in [0.29, 0.717) is 6.54 Å². The van der Waals surface area contributed by atoms with Gasteiger partial charge in [-0.2, -0.15) is 0 Å². The SMILES string of the molecule is COc1ccc(CC(CN)Cc2ccccc2Br)cc1F. The van der Waals surface area contributed by atoms with Crippen LogP contribution in [0.3, 0.4) is 0 Å². The maximum Gasteiger partial charge on any atom is 0.165 e. The topological polar surface area (TPSA) is 35.2 Å². The average molecular weight is 352 g/mol. The third-order valence-corrected chi connectivity index (χ3v) is 4.31. The first-order valence-corrected chi connectivity index (χ1v) is 7.69. The van der Waals surface area contributed by atoms with Gasteiger partial charge in [-0.25, -0.2) is 4.39 Å². The summed E-state index contributed by atoms with van der Waals surface area (Å²) >= 11 is 3.55. The van der Waals surface area contributed by atoms with E-state index in [1.807, 2.05) is 24.3 Å². The Kier molecular flexibility index (Phi) is 5.76. The quantitative estimate of drug-likeness (QED) is 0.854. The van der Waals surface area contributed by atoms with Crippen molar-refractivity contribution in [2.45, 2.75) is 12.8 Å². The van der Waals surface area contributed by atoms with Gasteiger partial charge >= 0.3 is 0 Å². The van der Waals surface area contributed by atoms with Crippen LogP contribution in [-0.2, 0) is 12.8 Å². The van der Waals surface area contributed by atoms with Crippen molar-refractivity contribution in [3.63, 3.8) is 0 Å². The molecule has 1 atom stereocenters. The van der Waals surface area contributed by atoms with Crippen LogP contribution in [0.1, 0.15) is 11.1 Å². The van der Waals surface area contributed by atoms with E-state index in [4.69, 9.17) is 10.5 Å². The monoisotopic (exact) mass is 351 g/mol. The Morgan fingerprint density at radius 1 is 1.19 bits per heavy atom. The minimum atomic E-state index is -0.327. The second-order valence-electron chi connectivity index (χ2n) is 5.07. The number of ether oxygens (including phenoxy) is 1. The molecule has 0 aliphatic rings. The van der Waals surface area contributed by atoms with E-state index in [2.05, 4.69) is 22.0 Å². The predicted octanol–water partition coefficient (Wildman–Crippen LogP) is 3.96. The molecular weight excluding hydrogens is 333 g/mol. The van der Waals surface area contributed by atoms with Gasteiger partial charge < -0.3 is 10.5 Å². The molecule has 2 rings (SSSR count). The molecule has 0 aliphatic heterocycles. The molecule has 112 valence electrons. The summed E-state index contributed by atoms with van der Waals surface area (Å²) in [6.45, 7) is 0.564. The van der Waals surface area contributed by atoms with Crippen LogP contribution in [0.4, 0.5) is 4.39 Å². The lowest BCUT2D eigenvalue weighted by Crippen LogP contribution is -2.19. The van der Waals surface area contributed by atoms with Gasteiger partial charge in [0.25, 0.3) is 0 Å². The fourth-order valence-corrected chi connectivity index (χ4v) is 2.83. The molecule has 2 aromatic carbocycles. The smallest absolute Gasteiger partial charge is 0.165 e. The second kappa shape index (κ2) is 7.57.